The molecule has 0 unspecified atom stereocenters. The minimum absolute atomic E-state index is 0.128. The number of hydrogen-bond acceptors (Lipinski definition) is 2. The van der Waals surface area contributed by atoms with Gasteiger partial charge < -0.3 is 10.0 Å². The molecule has 4 nitrogen and oxygen atoms in total. The second kappa shape index (κ2) is 3.92. The van der Waals surface area contributed by atoms with Gasteiger partial charge in [-0.25, -0.2) is 4.79 Å². The molecule has 1 amide bonds. The zero-order chi connectivity index (χ0) is 11.8. The maximum Gasteiger partial charge on any atom is 0.329 e. The molecule has 1 heterocycles. The largest absolute Gasteiger partial charge is 0.480 e. The number of carboxylic acid groups (broad SMARTS) is 1. The lowest BCUT2D eigenvalue weighted by Gasteiger charge is -2.31. The Balaban J connectivity index is 2.13. The SMILES string of the molecule is C[C@@]1(C(=O)O)CCCN1C(=O)C=C1CCC1. The molecule has 88 valence electrons. The molecule has 2 fully saturated rings. The molecule has 0 aromatic rings. The quantitative estimate of drug-likeness (QED) is 0.723. The van der Waals surface area contributed by atoms with Crippen molar-refractivity contribution in [3.63, 3.8) is 0 Å². The van der Waals surface area contributed by atoms with Crippen LogP contribution in [0.4, 0.5) is 0 Å². The average Bonchev–Trinajstić information content (AvgIpc) is 2.55. The highest BCUT2D eigenvalue weighted by Gasteiger charge is 2.45. The molecule has 4 heteroatoms. The molecule has 1 aliphatic carbocycles. The second-order valence-corrected chi connectivity index (χ2v) is 4.83. The van der Waals surface area contributed by atoms with Crippen molar-refractivity contribution in [2.24, 2.45) is 0 Å². The summed E-state index contributed by atoms with van der Waals surface area (Å²) in [5, 5.41) is 9.18. The van der Waals surface area contributed by atoms with Crippen LogP contribution in [-0.4, -0.2) is 34.0 Å². The fourth-order valence-corrected chi connectivity index (χ4v) is 2.32. The number of amides is 1. The summed E-state index contributed by atoms with van der Waals surface area (Å²) in [6.45, 7) is 2.20. The van der Waals surface area contributed by atoms with Gasteiger partial charge >= 0.3 is 5.97 Å². The highest BCUT2D eigenvalue weighted by atomic mass is 16.4. The van der Waals surface area contributed by atoms with Gasteiger partial charge in [0.1, 0.15) is 5.54 Å². The molecule has 1 atom stereocenters. The fourth-order valence-electron chi connectivity index (χ4n) is 2.32. The van der Waals surface area contributed by atoms with Gasteiger partial charge in [-0.05, 0) is 39.0 Å². The number of rotatable bonds is 2. The Morgan fingerprint density at radius 1 is 1.38 bits per heavy atom. The zero-order valence-electron chi connectivity index (χ0n) is 9.53. The van der Waals surface area contributed by atoms with Gasteiger partial charge in [0.05, 0.1) is 0 Å². The van der Waals surface area contributed by atoms with E-state index in [2.05, 4.69) is 0 Å². The zero-order valence-corrected chi connectivity index (χ0v) is 9.53. The molecule has 0 radical (unpaired) electrons. The van der Waals surface area contributed by atoms with Crippen molar-refractivity contribution in [3.8, 4) is 0 Å². The lowest BCUT2D eigenvalue weighted by molar-refractivity contribution is -0.153. The van der Waals surface area contributed by atoms with Crippen LogP contribution in [0, 0.1) is 0 Å². The molecule has 0 aromatic heterocycles. The van der Waals surface area contributed by atoms with E-state index >= 15 is 0 Å². The molecule has 2 rings (SSSR count). The van der Waals surface area contributed by atoms with Crippen molar-refractivity contribution in [3.05, 3.63) is 11.6 Å². The monoisotopic (exact) mass is 223 g/mol. The van der Waals surface area contributed by atoms with E-state index in [0.29, 0.717) is 13.0 Å². The van der Waals surface area contributed by atoms with Gasteiger partial charge in [0, 0.05) is 12.6 Å². The lowest BCUT2D eigenvalue weighted by Crippen LogP contribution is -2.50. The summed E-state index contributed by atoms with van der Waals surface area (Å²) in [6, 6.07) is 0. The van der Waals surface area contributed by atoms with Gasteiger partial charge in [-0.1, -0.05) is 5.57 Å². The van der Waals surface area contributed by atoms with E-state index in [0.717, 1.165) is 31.3 Å². The van der Waals surface area contributed by atoms with Crippen LogP contribution < -0.4 is 0 Å². The number of carboxylic acids is 1. The molecular formula is C12H17NO3. The van der Waals surface area contributed by atoms with Crippen LogP contribution in [0.1, 0.15) is 39.0 Å². The maximum atomic E-state index is 12.0. The summed E-state index contributed by atoms with van der Waals surface area (Å²) < 4.78 is 0. The number of allylic oxidation sites excluding steroid dienone is 1. The summed E-state index contributed by atoms with van der Waals surface area (Å²) in [5.41, 5.74) is 0.155. The van der Waals surface area contributed by atoms with Crippen molar-refractivity contribution in [1.29, 1.82) is 0 Å². The molecule has 1 aliphatic heterocycles. The number of nitrogens with zero attached hydrogens (tertiary/aromatic N) is 1. The standard InChI is InChI=1S/C12H17NO3/c1-12(11(15)16)6-3-7-13(12)10(14)8-9-4-2-5-9/h8H,2-7H2,1H3,(H,15,16)/t12-/m0/s1. The first-order valence-electron chi connectivity index (χ1n) is 5.78. The van der Waals surface area contributed by atoms with E-state index in [-0.39, 0.29) is 5.91 Å². The number of carbonyl (C=O) groups excluding carboxylic acids is 1. The van der Waals surface area contributed by atoms with Crippen LogP contribution >= 0.6 is 0 Å². The molecule has 0 aromatic carbocycles. The highest BCUT2D eigenvalue weighted by molar-refractivity contribution is 5.94. The Kier molecular flexibility index (Phi) is 2.74. The Morgan fingerprint density at radius 3 is 2.56 bits per heavy atom. The Labute approximate surface area is 94.9 Å². The maximum absolute atomic E-state index is 12.0. The minimum Gasteiger partial charge on any atom is -0.480 e. The van der Waals surface area contributed by atoms with Gasteiger partial charge in [-0.15, -0.1) is 0 Å². The van der Waals surface area contributed by atoms with E-state index in [1.807, 2.05) is 0 Å². The highest BCUT2D eigenvalue weighted by Crippen LogP contribution is 2.31. The Hall–Kier alpha value is -1.32. The van der Waals surface area contributed by atoms with Gasteiger partial charge in [0.25, 0.3) is 0 Å². The summed E-state index contributed by atoms with van der Waals surface area (Å²) in [4.78, 5) is 24.6. The molecule has 1 N–H and O–H groups in total. The molecule has 1 saturated heterocycles. The number of likely N-dealkylation sites (tertiary alicyclic amines) is 1. The van der Waals surface area contributed by atoms with Crippen molar-refractivity contribution in [2.75, 3.05) is 6.54 Å². The minimum atomic E-state index is -1.00. The molecule has 0 spiro atoms. The first-order chi connectivity index (χ1) is 7.54. The average molecular weight is 223 g/mol. The summed E-state index contributed by atoms with van der Waals surface area (Å²) in [6.07, 6.45) is 6.09. The molecule has 0 bridgehead atoms. The van der Waals surface area contributed by atoms with Crippen molar-refractivity contribution in [1.82, 2.24) is 4.90 Å². The predicted molar refractivity (Wildman–Crippen MR) is 58.9 cm³/mol. The fraction of sp³-hybridized carbons (Fsp3) is 0.667. The van der Waals surface area contributed by atoms with Crippen LogP contribution in [0.3, 0.4) is 0 Å². The molecule has 1 saturated carbocycles. The second-order valence-electron chi connectivity index (χ2n) is 4.83. The first kappa shape index (κ1) is 11.2. The van der Waals surface area contributed by atoms with Crippen molar-refractivity contribution in [2.45, 2.75) is 44.6 Å². The summed E-state index contributed by atoms with van der Waals surface area (Å²) >= 11 is 0. The third kappa shape index (κ3) is 1.72. The van der Waals surface area contributed by atoms with Gasteiger partial charge in [0.15, 0.2) is 0 Å². The van der Waals surface area contributed by atoms with Gasteiger partial charge in [0.2, 0.25) is 5.91 Å². The normalized spacial score (nSPS) is 28.8. The van der Waals surface area contributed by atoms with Crippen molar-refractivity contribution >= 4 is 11.9 Å². The van der Waals surface area contributed by atoms with E-state index in [9.17, 15) is 14.7 Å². The first-order valence-corrected chi connectivity index (χ1v) is 5.78. The molecular weight excluding hydrogens is 206 g/mol. The molecule has 2 aliphatic rings. The third-order valence-electron chi connectivity index (χ3n) is 3.69. The van der Waals surface area contributed by atoms with Gasteiger partial charge in [-0.3, -0.25) is 4.79 Å². The van der Waals surface area contributed by atoms with Gasteiger partial charge in [-0.2, -0.15) is 0 Å². The Bertz CT molecular complexity index is 355. The summed E-state index contributed by atoms with van der Waals surface area (Å²) in [5.74, 6) is -1.03. The smallest absolute Gasteiger partial charge is 0.329 e. The summed E-state index contributed by atoms with van der Waals surface area (Å²) in [7, 11) is 0. The van der Waals surface area contributed by atoms with Crippen LogP contribution in [0.5, 0.6) is 0 Å². The topological polar surface area (TPSA) is 57.6 Å². The van der Waals surface area contributed by atoms with Crippen molar-refractivity contribution < 1.29 is 14.7 Å². The number of carbonyl (C=O) groups is 2. The van der Waals surface area contributed by atoms with E-state index in [1.54, 1.807) is 13.0 Å². The van der Waals surface area contributed by atoms with E-state index in [1.165, 1.54) is 4.90 Å². The van der Waals surface area contributed by atoms with E-state index < -0.39 is 11.5 Å². The number of hydrogen-bond donors (Lipinski definition) is 1. The van der Waals surface area contributed by atoms with E-state index in [4.69, 9.17) is 0 Å². The number of aliphatic carboxylic acids is 1. The van der Waals surface area contributed by atoms with Crippen LogP contribution in [0.2, 0.25) is 0 Å². The lowest BCUT2D eigenvalue weighted by atomic mass is 9.91. The third-order valence-corrected chi connectivity index (χ3v) is 3.69. The molecule has 16 heavy (non-hydrogen) atoms. The van der Waals surface area contributed by atoms with Crippen LogP contribution in [-0.2, 0) is 9.59 Å². The Morgan fingerprint density at radius 2 is 2.06 bits per heavy atom. The van der Waals surface area contributed by atoms with Crippen LogP contribution in [0.15, 0.2) is 11.6 Å². The predicted octanol–water partition coefficient (Wildman–Crippen LogP) is 1.56. The van der Waals surface area contributed by atoms with Crippen LogP contribution in [0.25, 0.3) is 0 Å².